The molecule has 32 heavy (non-hydrogen) atoms. The van der Waals surface area contributed by atoms with E-state index in [-0.39, 0.29) is 29.3 Å². The van der Waals surface area contributed by atoms with Gasteiger partial charge < -0.3 is 24.8 Å². The molecule has 3 rings (SSSR count). The summed E-state index contributed by atoms with van der Waals surface area (Å²) in [5, 5.41) is 5.45. The number of nitrogens with one attached hydrogen (secondary N) is 2. The number of hydrogen-bond acceptors (Lipinski definition) is 9. The van der Waals surface area contributed by atoms with Crippen molar-refractivity contribution < 1.29 is 33.4 Å². The summed E-state index contributed by atoms with van der Waals surface area (Å²) in [6.07, 6.45) is 4.27. The number of amides is 1. The minimum absolute atomic E-state index is 0.0687. The second-order valence-electron chi connectivity index (χ2n) is 7.18. The van der Waals surface area contributed by atoms with Gasteiger partial charge in [0.1, 0.15) is 0 Å². The number of pyridine rings is 1. The molecule has 1 aliphatic rings. The van der Waals surface area contributed by atoms with Gasteiger partial charge in [-0.2, -0.15) is 0 Å². The number of anilines is 2. The number of carbonyl (C=O) groups is 4. The van der Waals surface area contributed by atoms with E-state index < -0.39 is 29.3 Å². The van der Waals surface area contributed by atoms with Crippen LogP contribution in [0.2, 0.25) is 0 Å². The molecule has 0 radical (unpaired) electrons. The first-order valence-corrected chi connectivity index (χ1v) is 9.53. The van der Waals surface area contributed by atoms with E-state index in [1.54, 1.807) is 36.7 Å². The van der Waals surface area contributed by atoms with E-state index in [1.165, 1.54) is 27.0 Å². The summed E-state index contributed by atoms with van der Waals surface area (Å²) in [6.45, 7) is 2.85. The molecule has 1 aliphatic heterocycles. The van der Waals surface area contributed by atoms with Crippen molar-refractivity contribution in [3.63, 3.8) is 0 Å². The fourth-order valence-corrected chi connectivity index (χ4v) is 2.90. The van der Waals surface area contributed by atoms with Crippen LogP contribution >= 0.6 is 0 Å². The molecule has 10 nitrogen and oxygen atoms in total. The van der Waals surface area contributed by atoms with Gasteiger partial charge in [-0.25, -0.2) is 14.4 Å². The second kappa shape index (κ2) is 9.29. The molecule has 2 aromatic rings. The molecule has 1 aromatic carbocycles. The average Bonchev–Trinajstić information content (AvgIpc) is 2.73. The van der Waals surface area contributed by atoms with Crippen LogP contribution in [0.4, 0.5) is 11.4 Å². The Morgan fingerprint density at radius 3 is 2.38 bits per heavy atom. The first-order chi connectivity index (χ1) is 15.2. The number of ether oxygens (including phenoxy) is 3. The van der Waals surface area contributed by atoms with Crippen LogP contribution < -0.4 is 10.6 Å². The Morgan fingerprint density at radius 1 is 1.09 bits per heavy atom. The molecule has 0 atom stereocenters. The number of methoxy groups -OCH3 is 1. The smallest absolute Gasteiger partial charge is 0.350 e. The lowest BCUT2D eigenvalue weighted by molar-refractivity contribution is -0.222. The van der Waals surface area contributed by atoms with E-state index in [0.717, 1.165) is 11.8 Å². The number of hydrogen-bond donors (Lipinski definition) is 2. The maximum absolute atomic E-state index is 12.5. The zero-order valence-corrected chi connectivity index (χ0v) is 17.6. The van der Waals surface area contributed by atoms with Crippen molar-refractivity contribution in [1.82, 2.24) is 4.98 Å². The molecule has 166 valence electrons. The standard InChI is InChI=1S/C22H21N3O7/c1-22(2)31-20(28)15(21(29)32-22)12-24-18-14(19(27)30-3)5-4-6-16(18)25-17(26)11-13-7-9-23-10-8-13/h4-10,12,24H,11H2,1-3H3,(H,25,26). The van der Waals surface area contributed by atoms with Crippen molar-refractivity contribution in [3.05, 3.63) is 65.6 Å². The van der Waals surface area contributed by atoms with Crippen molar-refractivity contribution in [3.8, 4) is 0 Å². The minimum Gasteiger partial charge on any atom is -0.465 e. The van der Waals surface area contributed by atoms with Crippen LogP contribution in [0.3, 0.4) is 0 Å². The Kier molecular flexibility index (Phi) is 6.53. The van der Waals surface area contributed by atoms with Gasteiger partial charge in [-0.15, -0.1) is 0 Å². The number of rotatable bonds is 6. The SMILES string of the molecule is COC(=O)c1cccc(NC(=O)Cc2ccncc2)c1NC=C1C(=O)OC(C)(C)OC1=O. The van der Waals surface area contributed by atoms with Crippen molar-refractivity contribution in [2.45, 2.75) is 26.1 Å². The fraction of sp³-hybridized carbons (Fsp3) is 0.227. The van der Waals surface area contributed by atoms with Crippen LogP contribution in [0.15, 0.2) is 54.5 Å². The molecule has 0 saturated carbocycles. The van der Waals surface area contributed by atoms with Crippen molar-refractivity contribution in [1.29, 1.82) is 0 Å². The predicted octanol–water partition coefficient (Wildman–Crippen LogP) is 2.18. The molecule has 1 fully saturated rings. The Bertz CT molecular complexity index is 1070. The molecule has 0 bridgehead atoms. The summed E-state index contributed by atoms with van der Waals surface area (Å²) in [6, 6.07) is 7.98. The minimum atomic E-state index is -1.39. The molecule has 2 heterocycles. The predicted molar refractivity (Wildman–Crippen MR) is 112 cm³/mol. The van der Waals surface area contributed by atoms with Crippen LogP contribution in [0.1, 0.15) is 29.8 Å². The van der Waals surface area contributed by atoms with Crippen LogP contribution in [-0.2, 0) is 35.0 Å². The van der Waals surface area contributed by atoms with Gasteiger partial charge in [0.15, 0.2) is 5.57 Å². The normalized spacial score (nSPS) is 14.7. The number of para-hydroxylation sites is 1. The fourth-order valence-electron chi connectivity index (χ4n) is 2.90. The first kappa shape index (κ1) is 22.5. The average molecular weight is 439 g/mol. The maximum atomic E-state index is 12.5. The van der Waals surface area contributed by atoms with E-state index in [2.05, 4.69) is 15.6 Å². The van der Waals surface area contributed by atoms with Crippen LogP contribution in [0.5, 0.6) is 0 Å². The van der Waals surface area contributed by atoms with Crippen LogP contribution in [-0.4, -0.2) is 41.7 Å². The van der Waals surface area contributed by atoms with Gasteiger partial charge in [0.2, 0.25) is 5.91 Å². The number of esters is 3. The van der Waals surface area contributed by atoms with E-state index >= 15 is 0 Å². The van der Waals surface area contributed by atoms with Gasteiger partial charge in [0.25, 0.3) is 5.79 Å². The lowest BCUT2D eigenvalue weighted by atomic mass is 10.1. The van der Waals surface area contributed by atoms with Gasteiger partial charge in [0, 0.05) is 32.4 Å². The summed E-state index contributed by atoms with van der Waals surface area (Å²) >= 11 is 0. The topological polar surface area (TPSA) is 133 Å². The largest absolute Gasteiger partial charge is 0.465 e. The molecule has 2 N–H and O–H groups in total. The summed E-state index contributed by atoms with van der Waals surface area (Å²) in [4.78, 5) is 53.0. The van der Waals surface area contributed by atoms with Crippen molar-refractivity contribution in [2.24, 2.45) is 0 Å². The van der Waals surface area contributed by atoms with Gasteiger partial charge in [-0.05, 0) is 29.8 Å². The quantitative estimate of drug-likeness (QED) is 0.395. The zero-order chi connectivity index (χ0) is 23.3. The number of nitrogens with zero attached hydrogens (tertiary/aromatic N) is 1. The highest BCUT2D eigenvalue weighted by Crippen LogP contribution is 2.29. The van der Waals surface area contributed by atoms with Gasteiger partial charge in [0.05, 0.1) is 30.5 Å². The summed E-state index contributed by atoms with van der Waals surface area (Å²) in [5.74, 6) is -4.21. The van der Waals surface area contributed by atoms with Crippen molar-refractivity contribution in [2.75, 3.05) is 17.7 Å². The monoisotopic (exact) mass is 439 g/mol. The first-order valence-electron chi connectivity index (χ1n) is 9.53. The maximum Gasteiger partial charge on any atom is 0.350 e. The number of cyclic esters (lactones) is 2. The zero-order valence-electron chi connectivity index (χ0n) is 17.6. The van der Waals surface area contributed by atoms with Gasteiger partial charge >= 0.3 is 17.9 Å². The van der Waals surface area contributed by atoms with Crippen LogP contribution in [0, 0.1) is 0 Å². The summed E-state index contributed by atoms with van der Waals surface area (Å²) < 4.78 is 14.9. The molecular formula is C22H21N3O7. The van der Waals surface area contributed by atoms with Crippen molar-refractivity contribution >= 4 is 35.2 Å². The van der Waals surface area contributed by atoms with Crippen LogP contribution in [0.25, 0.3) is 0 Å². The Morgan fingerprint density at radius 2 is 1.75 bits per heavy atom. The third-order valence-electron chi connectivity index (χ3n) is 4.34. The highest BCUT2D eigenvalue weighted by atomic mass is 16.7. The van der Waals surface area contributed by atoms with E-state index in [9.17, 15) is 19.2 Å². The molecule has 1 saturated heterocycles. The molecule has 0 aliphatic carbocycles. The number of benzene rings is 1. The third kappa shape index (κ3) is 5.28. The Labute approximate surface area is 183 Å². The summed E-state index contributed by atoms with van der Waals surface area (Å²) in [5.41, 5.74) is 0.776. The van der Waals surface area contributed by atoms with E-state index in [4.69, 9.17) is 14.2 Å². The van der Waals surface area contributed by atoms with E-state index in [1.807, 2.05) is 0 Å². The molecule has 1 amide bonds. The summed E-state index contributed by atoms with van der Waals surface area (Å²) in [7, 11) is 1.21. The highest BCUT2D eigenvalue weighted by Gasteiger charge is 2.39. The molecule has 0 spiro atoms. The molecule has 0 unspecified atom stereocenters. The lowest BCUT2D eigenvalue weighted by Crippen LogP contribution is -2.42. The Balaban J connectivity index is 1.89. The second-order valence-corrected chi connectivity index (χ2v) is 7.18. The molecular weight excluding hydrogens is 418 g/mol. The molecule has 10 heteroatoms. The number of aromatic nitrogens is 1. The van der Waals surface area contributed by atoms with Gasteiger partial charge in [-0.1, -0.05) is 6.07 Å². The highest BCUT2D eigenvalue weighted by molar-refractivity contribution is 6.15. The number of carbonyl (C=O) groups excluding carboxylic acids is 4. The molecule has 1 aromatic heterocycles. The van der Waals surface area contributed by atoms with E-state index in [0.29, 0.717) is 0 Å². The third-order valence-corrected chi connectivity index (χ3v) is 4.34. The lowest BCUT2D eigenvalue weighted by Gasteiger charge is -2.29. The Hall–Kier alpha value is -4.21. The van der Waals surface area contributed by atoms with Gasteiger partial charge in [-0.3, -0.25) is 9.78 Å².